The Hall–Kier alpha value is -11.6. The maximum Gasteiger partial charge on any atom is 0.256 e. The maximum absolute atomic E-state index is 8.15. The number of para-hydroxylation sites is 2. The van der Waals surface area contributed by atoms with Crippen LogP contribution >= 0.6 is 0 Å². The number of nitrogens with zero attached hydrogens (tertiary/aromatic N) is 3. The summed E-state index contributed by atoms with van der Waals surface area (Å²) in [4.78, 5) is 7.94. The van der Waals surface area contributed by atoms with Crippen molar-refractivity contribution in [3.05, 3.63) is 331 Å². The van der Waals surface area contributed by atoms with Crippen molar-refractivity contribution < 1.29 is 4.74 Å². The van der Waals surface area contributed by atoms with Crippen LogP contribution in [-0.4, -0.2) is 13.4 Å². The molecule has 0 saturated carbocycles. The van der Waals surface area contributed by atoms with Gasteiger partial charge in [0.1, 0.15) is 11.5 Å². The van der Waals surface area contributed by atoms with Crippen LogP contribution in [-0.2, 0) is 27.1 Å². The summed E-state index contributed by atoms with van der Waals surface area (Å²) < 4.78 is 8.15. The zero-order chi connectivity index (χ0) is 76.1. The third-order valence-electron chi connectivity index (χ3n) is 23.7. The molecule has 4 aliphatic heterocycles. The summed E-state index contributed by atoms with van der Waals surface area (Å²) in [6.45, 7) is 34.4. The minimum Gasteiger partial charge on any atom is -0.458 e. The van der Waals surface area contributed by atoms with Crippen LogP contribution in [0.5, 0.6) is 11.5 Å². The van der Waals surface area contributed by atoms with Crippen molar-refractivity contribution in [1.82, 2.24) is 0 Å². The molecule has 538 valence electrons. The van der Waals surface area contributed by atoms with Gasteiger partial charge in [-0.1, -0.05) is 353 Å². The number of benzene rings is 14. The molecule has 0 bridgehead atoms. The fourth-order valence-electron chi connectivity index (χ4n) is 17.7. The molecule has 0 unspecified atom stereocenters. The van der Waals surface area contributed by atoms with Gasteiger partial charge in [0.25, 0.3) is 13.4 Å². The molecule has 0 spiro atoms. The lowest BCUT2D eigenvalue weighted by Crippen LogP contribution is -2.64. The monoisotopic (exact) mass is 1420 g/mol. The zero-order valence-corrected chi connectivity index (χ0v) is 66.3. The van der Waals surface area contributed by atoms with Gasteiger partial charge in [-0.2, -0.15) is 0 Å². The minimum atomic E-state index is -0.274. The molecule has 4 aliphatic rings. The number of hydrogen-bond donors (Lipinski definition) is 0. The van der Waals surface area contributed by atoms with Gasteiger partial charge in [-0.3, -0.25) is 0 Å². The van der Waals surface area contributed by atoms with Crippen LogP contribution in [0.1, 0.15) is 132 Å². The van der Waals surface area contributed by atoms with Crippen LogP contribution < -0.4 is 52.2 Å². The molecule has 0 amide bonds. The second-order valence-corrected chi connectivity index (χ2v) is 36.1. The number of rotatable bonds is 9. The van der Waals surface area contributed by atoms with Crippen LogP contribution in [0, 0.1) is 0 Å². The highest BCUT2D eigenvalue weighted by Crippen LogP contribution is 2.55. The van der Waals surface area contributed by atoms with Crippen LogP contribution in [0.15, 0.2) is 303 Å². The van der Waals surface area contributed by atoms with Gasteiger partial charge >= 0.3 is 0 Å². The first-order valence-electron chi connectivity index (χ1n) is 39.4. The molecular weight excluding hydrogens is 1330 g/mol. The summed E-state index contributed by atoms with van der Waals surface area (Å²) >= 11 is 0. The predicted octanol–water partition coefficient (Wildman–Crippen LogP) is 24.7. The average molecular weight is 1420 g/mol. The molecule has 18 rings (SSSR count). The highest BCUT2D eigenvalue weighted by molar-refractivity contribution is 7.02. The largest absolute Gasteiger partial charge is 0.458 e. The summed E-state index contributed by atoms with van der Waals surface area (Å²) in [6, 6.07) is 116. The molecule has 0 aromatic heterocycles. The third-order valence-corrected chi connectivity index (χ3v) is 23.7. The minimum absolute atomic E-state index is 0.0364. The van der Waals surface area contributed by atoms with E-state index in [1.165, 1.54) is 55.4 Å². The summed E-state index contributed by atoms with van der Waals surface area (Å²) in [5, 5.41) is 0. The first-order chi connectivity index (χ1) is 52.7. The van der Waals surface area contributed by atoms with Gasteiger partial charge in [0.2, 0.25) is 0 Å². The van der Waals surface area contributed by atoms with Gasteiger partial charge in [0.15, 0.2) is 0 Å². The van der Waals surface area contributed by atoms with E-state index in [4.69, 9.17) is 4.74 Å². The molecule has 0 fully saturated rings. The summed E-state index contributed by atoms with van der Waals surface area (Å²) in [7, 11) is 0. The van der Waals surface area contributed by atoms with Crippen molar-refractivity contribution in [3.63, 3.8) is 0 Å². The Morgan fingerprint density at radius 1 is 0.218 bits per heavy atom. The van der Waals surface area contributed by atoms with Crippen LogP contribution in [0.25, 0.3) is 66.8 Å². The molecule has 6 heteroatoms. The van der Waals surface area contributed by atoms with E-state index in [-0.39, 0.29) is 40.5 Å². The molecule has 0 N–H and O–H groups in total. The van der Waals surface area contributed by atoms with Gasteiger partial charge in [0.05, 0.1) is 11.4 Å². The highest BCUT2D eigenvalue weighted by atomic mass is 16.5. The van der Waals surface area contributed by atoms with Crippen molar-refractivity contribution in [1.29, 1.82) is 0 Å². The third kappa shape index (κ3) is 12.0. The Balaban J connectivity index is 0.985. The molecule has 14 aromatic carbocycles. The Morgan fingerprint density at radius 3 is 0.936 bits per heavy atom. The molecule has 0 atom stereocenters. The Kier molecular flexibility index (Phi) is 16.6. The van der Waals surface area contributed by atoms with E-state index in [0.717, 1.165) is 135 Å². The molecule has 0 radical (unpaired) electrons. The summed E-state index contributed by atoms with van der Waals surface area (Å²) in [5.41, 5.74) is 36.9. The van der Waals surface area contributed by atoms with Crippen LogP contribution in [0.2, 0.25) is 0 Å². The van der Waals surface area contributed by atoms with E-state index in [1.807, 2.05) is 0 Å². The Morgan fingerprint density at radius 2 is 0.545 bits per heavy atom. The van der Waals surface area contributed by atoms with Crippen molar-refractivity contribution >= 4 is 97.4 Å². The first-order valence-corrected chi connectivity index (χ1v) is 39.4. The lowest BCUT2D eigenvalue weighted by molar-refractivity contribution is 0.488. The van der Waals surface area contributed by atoms with E-state index in [0.29, 0.717) is 0 Å². The van der Waals surface area contributed by atoms with E-state index in [1.54, 1.807) is 0 Å². The molecule has 0 saturated heterocycles. The predicted molar refractivity (Wildman–Crippen MR) is 472 cm³/mol. The molecule has 110 heavy (non-hydrogen) atoms. The fourth-order valence-corrected chi connectivity index (χ4v) is 17.7. The molecular formula is C104H95B2N3O. The van der Waals surface area contributed by atoms with Crippen LogP contribution in [0.3, 0.4) is 0 Å². The molecule has 0 aliphatic carbocycles. The number of fused-ring (bicyclic) bond motifs is 8. The number of anilines is 9. The maximum atomic E-state index is 8.15. The van der Waals surface area contributed by atoms with E-state index in [2.05, 4.69) is 422 Å². The lowest BCUT2D eigenvalue weighted by atomic mass is 9.30. The van der Waals surface area contributed by atoms with Gasteiger partial charge in [-0.25, -0.2) is 0 Å². The van der Waals surface area contributed by atoms with Gasteiger partial charge < -0.3 is 19.4 Å². The Labute approximate surface area is 652 Å². The topological polar surface area (TPSA) is 19.0 Å². The van der Waals surface area contributed by atoms with Gasteiger partial charge in [-0.15, -0.1) is 0 Å². The smallest absolute Gasteiger partial charge is 0.256 e. The van der Waals surface area contributed by atoms with E-state index in [9.17, 15) is 0 Å². The van der Waals surface area contributed by atoms with Crippen LogP contribution in [0.4, 0.5) is 51.2 Å². The standard InChI is InChI=1S/C104H95B2N3O/c1-100(2,3)74-46-42-66(43-47-74)72-58-91-96-92(59-72)109(99-82(70-34-24-18-25-35-70)40-29-41-83(99)71-36-26-19-27-37-71)90-65-94-87(64-86(90)105(96)84-56-52-77(103(10,11)12)62-88(84)107(91)79-54-50-76(51-55-79)102(7,8)9)106-85-57-53-78(104(13,14)15)63-89(85)108(93-60-73(61-95(110-94)97(93)106)67-44-48-75(49-45-67)101(4,5)6)98-80(68-30-20-16-21-31-68)38-28-39-81(98)69-32-22-17-23-33-69/h16-65H,1-15H3. The average Bonchev–Trinajstić information content (AvgIpc) is 0.685. The lowest BCUT2D eigenvalue weighted by Gasteiger charge is -2.46. The highest BCUT2D eigenvalue weighted by Gasteiger charge is 2.49. The fraction of sp³-hybridized carbons (Fsp3) is 0.192. The molecule has 14 aromatic rings. The zero-order valence-electron chi connectivity index (χ0n) is 66.3. The summed E-state index contributed by atoms with van der Waals surface area (Å²) in [5.74, 6) is 1.68. The van der Waals surface area contributed by atoms with Crippen molar-refractivity contribution in [2.45, 2.75) is 131 Å². The SMILES string of the molecule is CC(C)(C)c1ccc(-c2cc3c4c(c2)N(c2c(-c5ccccc5)cccc2-c2ccccc2)c2cc(C(C)(C)C)ccc2B4c2cc4c(cc2O3)N(c2c(-c3ccccc3)cccc2-c2ccccc2)c2cc(-c3ccc(C(C)(C)C)cc3)cc3c2B4c2ccc(C(C)(C)C)cc2N3c2ccc(C(C)(C)C)cc2)cc1. The van der Waals surface area contributed by atoms with Crippen molar-refractivity contribution in [3.8, 4) is 78.3 Å². The first kappa shape index (κ1) is 70.1. The van der Waals surface area contributed by atoms with E-state index < -0.39 is 0 Å². The second kappa shape index (κ2) is 26.1. The molecule has 4 nitrogen and oxygen atoms in total. The van der Waals surface area contributed by atoms with E-state index >= 15 is 0 Å². The normalized spacial score (nSPS) is 13.6. The number of hydrogen-bond acceptors (Lipinski definition) is 4. The van der Waals surface area contributed by atoms with Crippen molar-refractivity contribution in [2.75, 3.05) is 14.7 Å². The Bertz CT molecular complexity index is 5820. The van der Waals surface area contributed by atoms with Gasteiger partial charge in [0, 0.05) is 68.1 Å². The van der Waals surface area contributed by atoms with Crippen molar-refractivity contribution in [2.24, 2.45) is 0 Å². The quantitative estimate of drug-likeness (QED) is 0.134. The second-order valence-electron chi connectivity index (χ2n) is 36.1. The van der Waals surface area contributed by atoms with Gasteiger partial charge in [-0.05, 0) is 181 Å². The number of ether oxygens (including phenoxy) is 1. The summed E-state index contributed by atoms with van der Waals surface area (Å²) in [6.07, 6.45) is 0. The molecule has 4 heterocycles.